The highest BCUT2D eigenvalue weighted by Crippen LogP contribution is 2.35. The molecule has 0 aliphatic heterocycles. The van der Waals surface area contributed by atoms with E-state index in [1.807, 2.05) is 10.9 Å². The third-order valence-electron chi connectivity index (χ3n) is 5.97. The van der Waals surface area contributed by atoms with Gasteiger partial charge in [0.1, 0.15) is 17.1 Å². The first-order valence-electron chi connectivity index (χ1n) is 10.6. The maximum absolute atomic E-state index is 13.6. The number of pyridine rings is 1. The normalized spacial score (nSPS) is 19.2. The summed E-state index contributed by atoms with van der Waals surface area (Å²) in [6.45, 7) is 0.962. The monoisotopic (exact) mass is 444 g/mol. The van der Waals surface area contributed by atoms with E-state index in [9.17, 15) is 18.7 Å². The van der Waals surface area contributed by atoms with Gasteiger partial charge in [0.2, 0.25) is 0 Å². The zero-order valence-electron chi connectivity index (χ0n) is 18.0. The largest absolute Gasteiger partial charge is 0.494 e. The average Bonchev–Trinajstić information content (AvgIpc) is 3.21. The van der Waals surface area contributed by atoms with E-state index < -0.39 is 17.5 Å². The van der Waals surface area contributed by atoms with E-state index in [0.717, 1.165) is 43.5 Å². The first kappa shape index (κ1) is 22.1. The van der Waals surface area contributed by atoms with Crippen LogP contribution in [0.1, 0.15) is 54.8 Å². The Morgan fingerprint density at radius 1 is 1.28 bits per heavy atom. The van der Waals surface area contributed by atoms with Crippen molar-refractivity contribution in [2.24, 2.45) is 5.92 Å². The quantitative estimate of drug-likeness (QED) is 0.583. The number of aromatic nitrogens is 3. The van der Waals surface area contributed by atoms with Crippen molar-refractivity contribution in [2.45, 2.75) is 44.6 Å². The molecule has 9 heteroatoms. The second-order valence-corrected chi connectivity index (χ2v) is 8.33. The standard InChI is InChI=1S/C23H26F2N4O3/c1-23(24,25)21-5-3-4-17(26-21)22(31)27-19-10-15-12-29(28-18(15)11-20(19)32-2)16-8-6-14(13-30)7-9-16/h3-5,10-12,14,16,30H,6-9,13H2,1-2H3,(H,27,31)/t14-,16-. The molecule has 3 aromatic rings. The van der Waals surface area contributed by atoms with Gasteiger partial charge in [0.25, 0.3) is 11.8 Å². The number of carbonyl (C=O) groups excluding carboxylic acids is 1. The van der Waals surface area contributed by atoms with Crippen LogP contribution in [0.15, 0.2) is 36.5 Å². The lowest BCUT2D eigenvalue weighted by Gasteiger charge is -2.27. The maximum atomic E-state index is 13.6. The molecule has 1 aliphatic rings. The van der Waals surface area contributed by atoms with E-state index in [-0.39, 0.29) is 18.3 Å². The Morgan fingerprint density at radius 2 is 2.03 bits per heavy atom. The van der Waals surface area contributed by atoms with E-state index in [4.69, 9.17) is 4.74 Å². The fourth-order valence-electron chi connectivity index (χ4n) is 4.11. The van der Waals surface area contributed by atoms with Crippen LogP contribution >= 0.6 is 0 Å². The minimum Gasteiger partial charge on any atom is -0.494 e. The van der Waals surface area contributed by atoms with Crippen LogP contribution in [0.3, 0.4) is 0 Å². The lowest BCUT2D eigenvalue weighted by molar-refractivity contribution is 0.0126. The molecule has 7 nitrogen and oxygen atoms in total. The molecular formula is C23H26F2N4O3. The predicted octanol–water partition coefficient (Wildman–Crippen LogP) is 4.53. The van der Waals surface area contributed by atoms with Gasteiger partial charge < -0.3 is 15.2 Å². The number of fused-ring (bicyclic) bond motifs is 1. The summed E-state index contributed by atoms with van der Waals surface area (Å²) < 4.78 is 34.5. The van der Waals surface area contributed by atoms with Crippen LogP contribution in [0.5, 0.6) is 5.75 Å². The topological polar surface area (TPSA) is 89.3 Å². The predicted molar refractivity (Wildman–Crippen MR) is 116 cm³/mol. The molecule has 2 heterocycles. The van der Waals surface area contributed by atoms with Crippen LogP contribution < -0.4 is 10.1 Å². The third kappa shape index (κ3) is 4.57. The zero-order valence-corrected chi connectivity index (χ0v) is 18.0. The van der Waals surface area contributed by atoms with Crippen molar-refractivity contribution in [1.29, 1.82) is 0 Å². The van der Waals surface area contributed by atoms with E-state index in [1.165, 1.54) is 25.3 Å². The highest BCUT2D eigenvalue weighted by molar-refractivity contribution is 6.05. The number of methoxy groups -OCH3 is 1. The number of alkyl halides is 2. The lowest BCUT2D eigenvalue weighted by Crippen LogP contribution is -2.20. The summed E-state index contributed by atoms with van der Waals surface area (Å²) in [5, 5.41) is 17.6. The van der Waals surface area contributed by atoms with Gasteiger partial charge in [-0.25, -0.2) is 4.98 Å². The molecule has 4 rings (SSSR count). The molecule has 1 aromatic carbocycles. The van der Waals surface area contributed by atoms with Crippen molar-refractivity contribution >= 4 is 22.5 Å². The van der Waals surface area contributed by atoms with Crippen molar-refractivity contribution in [3.05, 3.63) is 47.9 Å². The van der Waals surface area contributed by atoms with E-state index in [0.29, 0.717) is 17.4 Å². The highest BCUT2D eigenvalue weighted by atomic mass is 19.3. The average molecular weight is 444 g/mol. The van der Waals surface area contributed by atoms with Crippen molar-refractivity contribution in [3.63, 3.8) is 0 Å². The number of benzene rings is 1. The molecule has 1 amide bonds. The van der Waals surface area contributed by atoms with Crippen LogP contribution in [0, 0.1) is 5.92 Å². The number of nitrogens with zero attached hydrogens (tertiary/aromatic N) is 3. The van der Waals surface area contributed by atoms with Gasteiger partial charge in [0.15, 0.2) is 0 Å². The summed E-state index contributed by atoms with van der Waals surface area (Å²) in [5.41, 5.74) is 0.561. The summed E-state index contributed by atoms with van der Waals surface area (Å²) in [6, 6.07) is 7.71. The number of aliphatic hydroxyl groups excluding tert-OH is 1. The maximum Gasteiger partial charge on any atom is 0.287 e. The second kappa shape index (κ2) is 8.82. The SMILES string of the molecule is COc1cc2nn([C@H]3CC[C@H](CO)CC3)cc2cc1NC(=O)c1cccc(C(C)(F)F)n1. The molecule has 1 saturated carbocycles. The molecule has 0 radical (unpaired) electrons. The smallest absolute Gasteiger partial charge is 0.287 e. The molecule has 1 aliphatic carbocycles. The van der Waals surface area contributed by atoms with Crippen LogP contribution in [-0.2, 0) is 5.92 Å². The fourth-order valence-corrected chi connectivity index (χ4v) is 4.11. The third-order valence-corrected chi connectivity index (χ3v) is 5.97. The van der Waals surface area contributed by atoms with Crippen molar-refractivity contribution in [2.75, 3.05) is 19.0 Å². The van der Waals surface area contributed by atoms with Crippen LogP contribution in [0.4, 0.5) is 14.5 Å². The minimum absolute atomic E-state index is 0.109. The first-order valence-corrected chi connectivity index (χ1v) is 10.6. The molecule has 0 bridgehead atoms. The van der Waals surface area contributed by atoms with E-state index >= 15 is 0 Å². The highest BCUT2D eigenvalue weighted by Gasteiger charge is 2.27. The Hall–Kier alpha value is -3.07. The Kier molecular flexibility index (Phi) is 6.10. The van der Waals surface area contributed by atoms with Crippen LogP contribution in [0.2, 0.25) is 0 Å². The molecule has 0 spiro atoms. The second-order valence-electron chi connectivity index (χ2n) is 8.33. The number of carbonyl (C=O) groups is 1. The summed E-state index contributed by atoms with van der Waals surface area (Å²) >= 11 is 0. The van der Waals surface area contributed by atoms with E-state index in [1.54, 1.807) is 12.1 Å². The van der Waals surface area contributed by atoms with Gasteiger partial charge in [0, 0.05) is 31.2 Å². The molecular weight excluding hydrogens is 418 g/mol. The number of rotatable bonds is 6. The number of ether oxygens (including phenoxy) is 1. The van der Waals surface area contributed by atoms with Gasteiger partial charge in [-0.05, 0) is 49.8 Å². The number of nitrogens with one attached hydrogen (secondary N) is 1. The number of anilines is 1. The molecule has 0 saturated heterocycles. The zero-order chi connectivity index (χ0) is 22.9. The van der Waals surface area contributed by atoms with Gasteiger partial charge in [-0.3, -0.25) is 9.48 Å². The summed E-state index contributed by atoms with van der Waals surface area (Å²) in [5.74, 6) is -2.98. The molecule has 2 aromatic heterocycles. The van der Waals surface area contributed by atoms with E-state index in [2.05, 4.69) is 15.4 Å². The van der Waals surface area contributed by atoms with Gasteiger partial charge in [-0.15, -0.1) is 0 Å². The Balaban J connectivity index is 1.58. The summed E-state index contributed by atoms with van der Waals surface area (Å²) in [7, 11) is 1.49. The Morgan fingerprint density at radius 3 is 2.69 bits per heavy atom. The Bertz CT molecular complexity index is 1120. The number of halogens is 2. The summed E-state index contributed by atoms with van der Waals surface area (Å²) in [6.07, 6.45) is 5.76. The van der Waals surface area contributed by atoms with Crippen LogP contribution in [0.25, 0.3) is 10.9 Å². The molecule has 1 fully saturated rings. The van der Waals surface area contributed by atoms with Gasteiger partial charge in [0.05, 0.1) is 24.4 Å². The number of hydrogen-bond acceptors (Lipinski definition) is 5. The van der Waals surface area contributed by atoms with Gasteiger partial charge in [-0.2, -0.15) is 13.9 Å². The fraction of sp³-hybridized carbons (Fsp3) is 0.435. The molecule has 0 atom stereocenters. The van der Waals surface area contributed by atoms with Gasteiger partial charge in [-0.1, -0.05) is 6.07 Å². The van der Waals surface area contributed by atoms with Crippen molar-refractivity contribution in [1.82, 2.24) is 14.8 Å². The lowest BCUT2D eigenvalue weighted by atomic mass is 9.87. The number of amides is 1. The first-order chi connectivity index (χ1) is 15.3. The molecule has 170 valence electrons. The molecule has 32 heavy (non-hydrogen) atoms. The molecule has 0 unspecified atom stereocenters. The number of hydrogen-bond donors (Lipinski definition) is 2. The van der Waals surface area contributed by atoms with Crippen molar-refractivity contribution < 1.29 is 23.4 Å². The Labute approximate surface area is 184 Å². The van der Waals surface area contributed by atoms with Crippen LogP contribution in [-0.4, -0.2) is 39.5 Å². The molecule has 2 N–H and O–H groups in total. The van der Waals surface area contributed by atoms with Crippen molar-refractivity contribution in [3.8, 4) is 5.75 Å². The van der Waals surface area contributed by atoms with Gasteiger partial charge >= 0.3 is 0 Å². The summed E-state index contributed by atoms with van der Waals surface area (Å²) in [4.78, 5) is 16.5. The minimum atomic E-state index is -3.14. The number of aliphatic hydroxyl groups is 1.